The van der Waals surface area contributed by atoms with Crippen LogP contribution in [0.4, 0.5) is 0 Å². The summed E-state index contributed by atoms with van der Waals surface area (Å²) in [4.78, 5) is 12.0. The van der Waals surface area contributed by atoms with Crippen LogP contribution >= 0.6 is 0 Å². The van der Waals surface area contributed by atoms with Gasteiger partial charge < -0.3 is 5.32 Å². The second-order valence-corrected chi connectivity index (χ2v) is 4.97. The molecule has 1 aromatic rings. The molecular weight excluding hydrogens is 210 g/mol. The lowest BCUT2D eigenvalue weighted by Crippen LogP contribution is -2.32. The van der Waals surface area contributed by atoms with Crippen molar-refractivity contribution in [1.29, 1.82) is 0 Å². The van der Waals surface area contributed by atoms with E-state index in [1.165, 1.54) is 24.0 Å². The largest absolute Gasteiger partial charge is 0.311 e. The van der Waals surface area contributed by atoms with Crippen LogP contribution in [0.2, 0.25) is 0 Å². The number of carbonyl (C=O) groups excluding carboxylic acids is 1. The summed E-state index contributed by atoms with van der Waals surface area (Å²) >= 11 is 0. The zero-order valence-corrected chi connectivity index (χ0v) is 10.7. The molecule has 2 unspecified atom stereocenters. The number of rotatable bonds is 4. The molecule has 0 aliphatic heterocycles. The van der Waals surface area contributed by atoms with Crippen LogP contribution in [-0.2, 0) is 11.2 Å². The molecule has 0 saturated carbocycles. The number of benzene rings is 1. The Morgan fingerprint density at radius 1 is 1.47 bits per heavy atom. The molecule has 2 heteroatoms. The van der Waals surface area contributed by atoms with Crippen molar-refractivity contribution in [2.45, 2.75) is 44.6 Å². The number of aryl methyl sites for hydroxylation is 1. The maximum atomic E-state index is 12.0. The van der Waals surface area contributed by atoms with E-state index in [1.54, 1.807) is 0 Å². The SMILES string of the molecule is CNC(C)C(=O)CC1CCCc2ccccc21. The number of carbonyl (C=O) groups is 1. The van der Waals surface area contributed by atoms with Gasteiger partial charge in [0.25, 0.3) is 0 Å². The summed E-state index contributed by atoms with van der Waals surface area (Å²) in [5.41, 5.74) is 2.84. The molecular formula is C15H21NO. The van der Waals surface area contributed by atoms with Crippen LogP contribution in [0.15, 0.2) is 24.3 Å². The topological polar surface area (TPSA) is 29.1 Å². The summed E-state index contributed by atoms with van der Waals surface area (Å²) in [7, 11) is 1.84. The summed E-state index contributed by atoms with van der Waals surface area (Å²) in [6.45, 7) is 1.94. The van der Waals surface area contributed by atoms with Gasteiger partial charge in [-0.2, -0.15) is 0 Å². The summed E-state index contributed by atoms with van der Waals surface area (Å²) in [5, 5.41) is 3.03. The molecule has 0 aromatic heterocycles. The third kappa shape index (κ3) is 2.75. The molecule has 17 heavy (non-hydrogen) atoms. The van der Waals surface area contributed by atoms with Crippen LogP contribution < -0.4 is 5.32 Å². The van der Waals surface area contributed by atoms with Crippen molar-refractivity contribution in [3.8, 4) is 0 Å². The zero-order chi connectivity index (χ0) is 12.3. The molecule has 1 aliphatic carbocycles. The Kier molecular flexibility index (Phi) is 3.95. The van der Waals surface area contributed by atoms with Gasteiger partial charge in [-0.25, -0.2) is 0 Å². The van der Waals surface area contributed by atoms with Crippen molar-refractivity contribution in [2.24, 2.45) is 0 Å². The first kappa shape index (κ1) is 12.3. The van der Waals surface area contributed by atoms with Gasteiger partial charge in [-0.3, -0.25) is 4.79 Å². The number of ketones is 1. The van der Waals surface area contributed by atoms with Crippen LogP contribution in [0.25, 0.3) is 0 Å². The Hall–Kier alpha value is -1.15. The maximum Gasteiger partial charge on any atom is 0.150 e. The van der Waals surface area contributed by atoms with E-state index >= 15 is 0 Å². The standard InChI is InChI=1S/C15H21NO/c1-11(16-2)15(17)10-13-8-5-7-12-6-3-4-9-14(12)13/h3-4,6,9,11,13,16H,5,7-8,10H2,1-2H3. The van der Waals surface area contributed by atoms with Gasteiger partial charge in [0.1, 0.15) is 5.78 Å². The Morgan fingerprint density at radius 2 is 2.24 bits per heavy atom. The molecule has 0 heterocycles. The molecule has 0 fully saturated rings. The van der Waals surface area contributed by atoms with Crippen LogP contribution in [0.3, 0.4) is 0 Å². The molecule has 0 radical (unpaired) electrons. The normalized spacial score (nSPS) is 20.7. The highest BCUT2D eigenvalue weighted by molar-refractivity contribution is 5.84. The van der Waals surface area contributed by atoms with E-state index < -0.39 is 0 Å². The average Bonchev–Trinajstić information content (AvgIpc) is 2.38. The van der Waals surface area contributed by atoms with Gasteiger partial charge in [0.2, 0.25) is 0 Å². The molecule has 92 valence electrons. The quantitative estimate of drug-likeness (QED) is 0.863. The predicted octanol–water partition coefficient (Wildman–Crippen LogP) is 2.67. The van der Waals surface area contributed by atoms with E-state index in [1.807, 2.05) is 14.0 Å². The van der Waals surface area contributed by atoms with E-state index in [2.05, 4.69) is 29.6 Å². The summed E-state index contributed by atoms with van der Waals surface area (Å²) in [6.07, 6.45) is 4.21. The number of nitrogens with one attached hydrogen (secondary N) is 1. The number of likely N-dealkylation sites (N-methyl/N-ethyl adjacent to an activating group) is 1. The second-order valence-electron chi connectivity index (χ2n) is 4.97. The molecule has 2 atom stereocenters. The molecule has 1 aliphatic rings. The molecule has 0 saturated heterocycles. The van der Waals surface area contributed by atoms with E-state index in [4.69, 9.17) is 0 Å². The first-order chi connectivity index (χ1) is 8.22. The van der Waals surface area contributed by atoms with Gasteiger partial charge in [0.05, 0.1) is 6.04 Å². The van der Waals surface area contributed by atoms with Crippen LogP contribution in [0, 0.1) is 0 Å². The molecule has 0 amide bonds. The minimum atomic E-state index is -0.0240. The molecule has 1 N–H and O–H groups in total. The van der Waals surface area contributed by atoms with Crippen molar-refractivity contribution in [1.82, 2.24) is 5.32 Å². The number of hydrogen-bond acceptors (Lipinski definition) is 2. The molecule has 0 spiro atoms. The summed E-state index contributed by atoms with van der Waals surface area (Å²) in [6, 6.07) is 8.55. The highest BCUT2D eigenvalue weighted by atomic mass is 16.1. The number of fused-ring (bicyclic) bond motifs is 1. The summed E-state index contributed by atoms with van der Waals surface area (Å²) < 4.78 is 0. The minimum absolute atomic E-state index is 0.0240. The van der Waals surface area contributed by atoms with Crippen molar-refractivity contribution in [3.63, 3.8) is 0 Å². The van der Waals surface area contributed by atoms with E-state index in [0.717, 1.165) is 6.42 Å². The van der Waals surface area contributed by atoms with Gasteiger partial charge in [-0.1, -0.05) is 24.3 Å². The first-order valence-electron chi connectivity index (χ1n) is 6.50. The van der Waals surface area contributed by atoms with Crippen molar-refractivity contribution >= 4 is 5.78 Å². The zero-order valence-electron chi connectivity index (χ0n) is 10.7. The fraction of sp³-hybridized carbons (Fsp3) is 0.533. The lowest BCUT2D eigenvalue weighted by atomic mass is 9.80. The lowest BCUT2D eigenvalue weighted by molar-refractivity contribution is -0.121. The van der Waals surface area contributed by atoms with Gasteiger partial charge in [0.15, 0.2) is 0 Å². The summed E-state index contributed by atoms with van der Waals surface area (Å²) in [5.74, 6) is 0.762. The predicted molar refractivity (Wildman–Crippen MR) is 70.3 cm³/mol. The fourth-order valence-corrected chi connectivity index (χ4v) is 2.65. The fourth-order valence-electron chi connectivity index (χ4n) is 2.65. The second kappa shape index (κ2) is 5.46. The Balaban J connectivity index is 2.11. The lowest BCUT2D eigenvalue weighted by Gasteiger charge is -2.25. The van der Waals surface area contributed by atoms with Gasteiger partial charge in [-0.15, -0.1) is 0 Å². The van der Waals surface area contributed by atoms with E-state index in [-0.39, 0.29) is 6.04 Å². The third-order valence-corrected chi connectivity index (χ3v) is 3.86. The van der Waals surface area contributed by atoms with Gasteiger partial charge in [0, 0.05) is 6.42 Å². The molecule has 1 aromatic carbocycles. The van der Waals surface area contributed by atoms with E-state index in [0.29, 0.717) is 18.1 Å². The van der Waals surface area contributed by atoms with Crippen molar-refractivity contribution in [2.75, 3.05) is 7.05 Å². The van der Waals surface area contributed by atoms with Crippen LogP contribution in [-0.4, -0.2) is 18.9 Å². The monoisotopic (exact) mass is 231 g/mol. The number of Topliss-reactive ketones (excluding diaryl/α,β-unsaturated/α-hetero) is 1. The highest BCUT2D eigenvalue weighted by Crippen LogP contribution is 2.34. The van der Waals surface area contributed by atoms with Crippen molar-refractivity contribution < 1.29 is 4.79 Å². The van der Waals surface area contributed by atoms with Gasteiger partial charge >= 0.3 is 0 Å². The number of hydrogen-bond donors (Lipinski definition) is 1. The van der Waals surface area contributed by atoms with Gasteiger partial charge in [-0.05, 0) is 50.3 Å². The van der Waals surface area contributed by atoms with Crippen LogP contribution in [0.1, 0.15) is 43.2 Å². The molecule has 2 rings (SSSR count). The molecule has 0 bridgehead atoms. The Bertz CT molecular complexity index is 400. The Morgan fingerprint density at radius 3 is 3.00 bits per heavy atom. The van der Waals surface area contributed by atoms with Crippen molar-refractivity contribution in [3.05, 3.63) is 35.4 Å². The highest BCUT2D eigenvalue weighted by Gasteiger charge is 2.23. The maximum absolute atomic E-state index is 12.0. The molecule has 2 nitrogen and oxygen atoms in total. The Labute approximate surface area is 103 Å². The smallest absolute Gasteiger partial charge is 0.150 e. The minimum Gasteiger partial charge on any atom is -0.311 e. The average molecular weight is 231 g/mol. The third-order valence-electron chi connectivity index (χ3n) is 3.86. The first-order valence-corrected chi connectivity index (χ1v) is 6.50. The van der Waals surface area contributed by atoms with Crippen LogP contribution in [0.5, 0.6) is 0 Å². The van der Waals surface area contributed by atoms with E-state index in [9.17, 15) is 4.79 Å².